The van der Waals surface area contributed by atoms with Gasteiger partial charge in [0, 0.05) is 17.6 Å². The van der Waals surface area contributed by atoms with Gasteiger partial charge in [0.2, 0.25) is 0 Å². The molecule has 0 aromatic carbocycles. The highest BCUT2D eigenvalue weighted by atomic mass is 32.1. The second-order valence-electron chi connectivity index (χ2n) is 5.15. The maximum atomic E-state index is 12.5. The first kappa shape index (κ1) is 15.1. The van der Waals surface area contributed by atoms with E-state index in [4.69, 9.17) is 9.15 Å². The van der Waals surface area contributed by atoms with Crippen molar-refractivity contribution in [2.45, 2.75) is 26.3 Å². The van der Waals surface area contributed by atoms with Crippen molar-refractivity contribution in [1.82, 2.24) is 9.88 Å². The van der Waals surface area contributed by atoms with Crippen LogP contribution in [0.15, 0.2) is 22.7 Å². The number of carbonyl (C=O) groups excluding carboxylic acids is 1. The van der Waals surface area contributed by atoms with Gasteiger partial charge in [-0.3, -0.25) is 5.32 Å². The number of aryl methyl sites for hydroxylation is 2. The third-order valence-corrected chi connectivity index (χ3v) is 4.65. The number of ether oxygens (including phenoxy) is 1. The Balaban J connectivity index is 1.73. The third kappa shape index (κ3) is 3.15. The van der Waals surface area contributed by atoms with Crippen LogP contribution in [0.5, 0.6) is 0 Å². The van der Waals surface area contributed by atoms with E-state index >= 15 is 0 Å². The van der Waals surface area contributed by atoms with Crippen LogP contribution in [0.4, 0.5) is 9.93 Å². The molecule has 0 bridgehead atoms. The van der Waals surface area contributed by atoms with Gasteiger partial charge in [0.05, 0.1) is 13.2 Å². The monoisotopic (exact) mass is 321 g/mol. The van der Waals surface area contributed by atoms with E-state index in [9.17, 15) is 4.79 Å². The van der Waals surface area contributed by atoms with Crippen LogP contribution in [0.3, 0.4) is 0 Å². The Morgan fingerprint density at radius 2 is 2.41 bits per heavy atom. The molecule has 2 aromatic rings. The van der Waals surface area contributed by atoms with Crippen molar-refractivity contribution in [1.29, 1.82) is 0 Å². The highest BCUT2D eigenvalue weighted by molar-refractivity contribution is 7.15. The minimum absolute atomic E-state index is 0.167. The van der Waals surface area contributed by atoms with Gasteiger partial charge in [-0.05, 0) is 25.5 Å². The average molecular weight is 321 g/mol. The maximum Gasteiger partial charge on any atom is 0.324 e. The fourth-order valence-corrected chi connectivity index (χ4v) is 3.15. The number of aromatic nitrogens is 1. The maximum absolute atomic E-state index is 12.5. The number of thiazole rings is 1. The van der Waals surface area contributed by atoms with Crippen LogP contribution >= 0.6 is 11.3 Å². The molecule has 2 aromatic heterocycles. The van der Waals surface area contributed by atoms with Crippen molar-refractivity contribution >= 4 is 22.5 Å². The molecule has 3 rings (SSSR count). The Kier molecular flexibility index (Phi) is 4.44. The number of hydrogen-bond donors (Lipinski definition) is 1. The summed E-state index contributed by atoms with van der Waals surface area (Å²) in [6.07, 6.45) is 2.71. The number of nitrogens with one attached hydrogen (secondary N) is 1. The SMILES string of the molecule is CCc1cnc(NC(=O)N2CCOC[C@@H]2c2ccc(C)o2)s1. The number of amides is 2. The summed E-state index contributed by atoms with van der Waals surface area (Å²) >= 11 is 1.50. The van der Waals surface area contributed by atoms with Crippen LogP contribution in [0, 0.1) is 6.92 Å². The number of morpholine rings is 1. The van der Waals surface area contributed by atoms with Crippen LogP contribution < -0.4 is 5.32 Å². The number of urea groups is 1. The van der Waals surface area contributed by atoms with E-state index in [2.05, 4.69) is 17.2 Å². The molecule has 0 radical (unpaired) electrons. The molecule has 118 valence electrons. The molecule has 22 heavy (non-hydrogen) atoms. The van der Waals surface area contributed by atoms with Gasteiger partial charge in [-0.1, -0.05) is 6.92 Å². The molecule has 1 fully saturated rings. The molecule has 0 unspecified atom stereocenters. The second-order valence-corrected chi connectivity index (χ2v) is 6.26. The molecule has 1 atom stereocenters. The Bertz CT molecular complexity index is 652. The van der Waals surface area contributed by atoms with E-state index < -0.39 is 0 Å². The Labute approximate surface area is 133 Å². The van der Waals surface area contributed by atoms with E-state index in [1.54, 1.807) is 11.1 Å². The van der Waals surface area contributed by atoms with Crippen molar-refractivity contribution in [2.24, 2.45) is 0 Å². The van der Waals surface area contributed by atoms with Gasteiger partial charge >= 0.3 is 6.03 Å². The zero-order chi connectivity index (χ0) is 15.5. The van der Waals surface area contributed by atoms with E-state index in [-0.39, 0.29) is 12.1 Å². The van der Waals surface area contributed by atoms with Gasteiger partial charge in [0.15, 0.2) is 5.13 Å². The lowest BCUT2D eigenvalue weighted by molar-refractivity contribution is 0.00710. The van der Waals surface area contributed by atoms with Gasteiger partial charge in [-0.25, -0.2) is 9.78 Å². The Morgan fingerprint density at radius 1 is 1.55 bits per heavy atom. The van der Waals surface area contributed by atoms with Crippen LogP contribution in [-0.4, -0.2) is 35.7 Å². The standard InChI is InChI=1S/C15H19N3O3S/c1-3-11-8-16-14(22-11)17-15(19)18-6-7-20-9-12(18)13-5-4-10(2)21-13/h4-5,8,12H,3,6-7,9H2,1-2H3,(H,16,17,19)/t12-/m1/s1. The number of carbonyl (C=O) groups is 1. The van der Waals surface area contributed by atoms with Crippen LogP contribution in [-0.2, 0) is 11.2 Å². The topological polar surface area (TPSA) is 67.6 Å². The normalized spacial score (nSPS) is 18.5. The first-order chi connectivity index (χ1) is 10.7. The zero-order valence-corrected chi connectivity index (χ0v) is 13.5. The Morgan fingerprint density at radius 3 is 3.09 bits per heavy atom. The predicted molar refractivity (Wildman–Crippen MR) is 84.2 cm³/mol. The second kappa shape index (κ2) is 6.50. The largest absolute Gasteiger partial charge is 0.464 e. The van der Waals surface area contributed by atoms with Crippen molar-refractivity contribution in [2.75, 3.05) is 25.1 Å². The number of furan rings is 1. The third-order valence-electron chi connectivity index (χ3n) is 3.59. The molecule has 1 aliphatic rings. The fraction of sp³-hybridized carbons (Fsp3) is 0.467. The highest BCUT2D eigenvalue weighted by Crippen LogP contribution is 2.27. The lowest BCUT2D eigenvalue weighted by atomic mass is 10.2. The van der Waals surface area contributed by atoms with Crippen molar-refractivity contribution < 1.29 is 13.9 Å². The van der Waals surface area contributed by atoms with Crippen molar-refractivity contribution in [3.8, 4) is 0 Å². The van der Waals surface area contributed by atoms with Crippen LogP contribution in [0.2, 0.25) is 0 Å². The average Bonchev–Trinajstić information content (AvgIpc) is 3.16. The number of rotatable bonds is 3. The summed E-state index contributed by atoms with van der Waals surface area (Å²) in [5.41, 5.74) is 0. The van der Waals surface area contributed by atoms with E-state index in [1.807, 2.05) is 19.1 Å². The summed E-state index contributed by atoms with van der Waals surface area (Å²) in [6.45, 7) is 5.46. The highest BCUT2D eigenvalue weighted by Gasteiger charge is 2.31. The molecule has 1 aliphatic heterocycles. The smallest absolute Gasteiger partial charge is 0.324 e. The number of anilines is 1. The quantitative estimate of drug-likeness (QED) is 0.942. The van der Waals surface area contributed by atoms with Crippen LogP contribution in [0.1, 0.15) is 29.4 Å². The molecule has 0 aliphatic carbocycles. The van der Waals surface area contributed by atoms with Gasteiger partial charge < -0.3 is 14.1 Å². The number of nitrogens with zero attached hydrogens (tertiary/aromatic N) is 2. The molecule has 7 heteroatoms. The van der Waals surface area contributed by atoms with Gasteiger partial charge in [0.25, 0.3) is 0 Å². The van der Waals surface area contributed by atoms with Gasteiger partial charge in [-0.2, -0.15) is 0 Å². The molecular weight excluding hydrogens is 302 g/mol. The number of hydrogen-bond acceptors (Lipinski definition) is 5. The van der Waals surface area contributed by atoms with Crippen LogP contribution in [0.25, 0.3) is 0 Å². The summed E-state index contributed by atoms with van der Waals surface area (Å²) in [6, 6.07) is 3.43. The Hall–Kier alpha value is -1.86. The molecule has 6 nitrogen and oxygen atoms in total. The van der Waals surface area contributed by atoms with Gasteiger partial charge in [-0.15, -0.1) is 11.3 Å². The lowest BCUT2D eigenvalue weighted by Crippen LogP contribution is -2.45. The summed E-state index contributed by atoms with van der Waals surface area (Å²) < 4.78 is 11.2. The van der Waals surface area contributed by atoms with E-state index in [0.29, 0.717) is 24.9 Å². The summed E-state index contributed by atoms with van der Waals surface area (Å²) in [4.78, 5) is 19.7. The molecule has 3 heterocycles. The van der Waals surface area contributed by atoms with Gasteiger partial charge in [0.1, 0.15) is 17.6 Å². The van der Waals surface area contributed by atoms with E-state index in [0.717, 1.165) is 22.8 Å². The molecule has 0 spiro atoms. The first-order valence-electron chi connectivity index (χ1n) is 7.33. The zero-order valence-electron chi connectivity index (χ0n) is 12.7. The molecule has 1 saturated heterocycles. The van der Waals surface area contributed by atoms with Crippen molar-refractivity contribution in [3.63, 3.8) is 0 Å². The minimum Gasteiger partial charge on any atom is -0.464 e. The van der Waals surface area contributed by atoms with E-state index in [1.165, 1.54) is 11.3 Å². The molecular formula is C15H19N3O3S. The summed E-state index contributed by atoms with van der Waals surface area (Å²) in [7, 11) is 0. The molecule has 0 saturated carbocycles. The first-order valence-corrected chi connectivity index (χ1v) is 8.15. The fourth-order valence-electron chi connectivity index (χ4n) is 2.41. The molecule has 1 N–H and O–H groups in total. The lowest BCUT2D eigenvalue weighted by Gasteiger charge is -2.34. The minimum atomic E-state index is -0.201. The summed E-state index contributed by atoms with van der Waals surface area (Å²) in [5.74, 6) is 1.58. The van der Waals surface area contributed by atoms with Crippen molar-refractivity contribution in [3.05, 3.63) is 34.7 Å². The summed E-state index contributed by atoms with van der Waals surface area (Å²) in [5, 5.41) is 3.50. The predicted octanol–water partition coefficient (Wildman–Crippen LogP) is 3.21. The molecule has 2 amide bonds.